The Morgan fingerprint density at radius 2 is 1.65 bits per heavy atom. The van der Waals surface area contributed by atoms with Crippen LogP contribution in [0.4, 0.5) is 10.7 Å². The molecule has 0 spiro atoms. The molecule has 3 aromatic rings. The van der Waals surface area contributed by atoms with Gasteiger partial charge in [-0.25, -0.2) is 0 Å². The van der Waals surface area contributed by atoms with E-state index in [4.69, 9.17) is 4.42 Å². The van der Waals surface area contributed by atoms with Crippen LogP contribution >= 0.6 is 11.3 Å². The fraction of sp³-hybridized carbons (Fsp3) is 0.200. The highest BCUT2D eigenvalue weighted by Crippen LogP contribution is 2.26. The molecule has 0 saturated carbocycles. The van der Waals surface area contributed by atoms with E-state index < -0.39 is 0 Å². The highest BCUT2D eigenvalue weighted by atomic mass is 32.1. The molecule has 0 fully saturated rings. The number of nitrogens with one attached hydrogen (secondary N) is 2. The molecule has 2 aromatic heterocycles. The fourth-order valence-corrected chi connectivity index (χ4v) is 3.15. The molecule has 0 radical (unpaired) electrons. The lowest BCUT2D eigenvalue weighted by Crippen LogP contribution is -2.12. The van der Waals surface area contributed by atoms with Gasteiger partial charge < -0.3 is 15.1 Å². The second-order valence-corrected chi connectivity index (χ2v) is 7.96. The number of furan rings is 1. The monoisotopic (exact) mass is 368 g/mol. The third-order valence-electron chi connectivity index (χ3n) is 3.82. The van der Waals surface area contributed by atoms with Gasteiger partial charge in [-0.3, -0.25) is 9.59 Å². The number of amides is 2. The highest BCUT2D eigenvalue weighted by molar-refractivity contribution is 7.18. The third-order valence-corrected chi connectivity index (χ3v) is 4.82. The average Bonchev–Trinajstić information content (AvgIpc) is 3.26. The van der Waals surface area contributed by atoms with E-state index in [9.17, 15) is 9.59 Å². The summed E-state index contributed by atoms with van der Waals surface area (Å²) in [5, 5.41) is 6.17. The van der Waals surface area contributed by atoms with E-state index in [1.165, 1.54) is 23.2 Å². The summed E-state index contributed by atoms with van der Waals surface area (Å²) in [6.45, 7) is 6.43. The van der Waals surface area contributed by atoms with Gasteiger partial charge >= 0.3 is 0 Å². The van der Waals surface area contributed by atoms with E-state index in [1.54, 1.807) is 24.3 Å². The van der Waals surface area contributed by atoms with E-state index in [1.807, 2.05) is 24.3 Å². The van der Waals surface area contributed by atoms with E-state index in [-0.39, 0.29) is 23.0 Å². The highest BCUT2D eigenvalue weighted by Gasteiger charge is 2.15. The number of rotatable bonds is 4. The van der Waals surface area contributed by atoms with Crippen LogP contribution in [0.15, 0.2) is 59.2 Å². The molecule has 2 N–H and O–H groups in total. The van der Waals surface area contributed by atoms with Crippen molar-refractivity contribution in [1.29, 1.82) is 0 Å². The Balaban J connectivity index is 1.64. The minimum atomic E-state index is -0.346. The first kappa shape index (κ1) is 17.9. The van der Waals surface area contributed by atoms with Gasteiger partial charge in [-0.1, -0.05) is 32.9 Å². The smallest absolute Gasteiger partial charge is 0.291 e. The molecule has 0 aliphatic carbocycles. The number of thiophene rings is 1. The molecule has 5 nitrogen and oxygen atoms in total. The van der Waals surface area contributed by atoms with E-state index in [0.717, 1.165) is 5.69 Å². The summed E-state index contributed by atoms with van der Waals surface area (Å²) >= 11 is 1.21. The first-order valence-corrected chi connectivity index (χ1v) is 9.01. The zero-order valence-electron chi connectivity index (χ0n) is 14.8. The van der Waals surface area contributed by atoms with Gasteiger partial charge in [0.2, 0.25) is 0 Å². The Labute approximate surface area is 156 Å². The van der Waals surface area contributed by atoms with Gasteiger partial charge in [-0.05, 0) is 47.4 Å². The van der Waals surface area contributed by atoms with E-state index in [2.05, 4.69) is 31.4 Å². The Hall–Kier alpha value is -2.86. The quantitative estimate of drug-likeness (QED) is 0.669. The van der Waals surface area contributed by atoms with Crippen LogP contribution in [0.3, 0.4) is 0 Å². The summed E-state index contributed by atoms with van der Waals surface area (Å²) in [5.41, 5.74) is 2.00. The summed E-state index contributed by atoms with van der Waals surface area (Å²) in [5.74, 6) is -0.332. The number of carbonyl (C=O) groups excluding carboxylic acids is 2. The predicted octanol–water partition coefficient (Wildman–Crippen LogP) is 5.14. The summed E-state index contributed by atoms with van der Waals surface area (Å²) in [7, 11) is 0. The molecule has 134 valence electrons. The van der Waals surface area contributed by atoms with Crippen molar-refractivity contribution < 1.29 is 14.0 Å². The molecule has 0 aliphatic heterocycles. The molecule has 0 unspecified atom stereocenters. The van der Waals surface area contributed by atoms with Crippen molar-refractivity contribution in [3.05, 3.63) is 71.0 Å². The van der Waals surface area contributed by atoms with Crippen LogP contribution in [-0.2, 0) is 5.41 Å². The molecule has 2 amide bonds. The van der Waals surface area contributed by atoms with Crippen molar-refractivity contribution in [2.75, 3.05) is 10.6 Å². The molecular weight excluding hydrogens is 348 g/mol. The number of benzene rings is 1. The van der Waals surface area contributed by atoms with Crippen LogP contribution in [0.25, 0.3) is 0 Å². The Morgan fingerprint density at radius 3 is 2.27 bits per heavy atom. The van der Waals surface area contributed by atoms with Crippen LogP contribution in [0.2, 0.25) is 0 Å². The molecule has 0 saturated heterocycles. The SMILES string of the molecule is CC(C)(C)c1ccc(NC(=O)c2ccc(NC(=O)c3ccco3)s2)cc1. The lowest BCUT2D eigenvalue weighted by atomic mass is 9.87. The molecule has 3 rings (SSSR count). The number of hydrogen-bond donors (Lipinski definition) is 2. The Bertz CT molecular complexity index is 903. The van der Waals surface area contributed by atoms with Gasteiger partial charge in [0.15, 0.2) is 5.76 Å². The predicted molar refractivity (Wildman–Crippen MR) is 104 cm³/mol. The van der Waals surface area contributed by atoms with Crippen molar-refractivity contribution in [2.24, 2.45) is 0 Å². The van der Waals surface area contributed by atoms with Crippen LogP contribution in [0.5, 0.6) is 0 Å². The Morgan fingerprint density at radius 1 is 0.923 bits per heavy atom. The molecule has 0 atom stereocenters. The minimum absolute atomic E-state index is 0.0669. The molecule has 1 aromatic carbocycles. The first-order chi connectivity index (χ1) is 12.3. The fourth-order valence-electron chi connectivity index (χ4n) is 2.35. The summed E-state index contributed by atoms with van der Waals surface area (Å²) in [4.78, 5) is 24.9. The molecule has 0 bridgehead atoms. The maximum atomic E-state index is 12.4. The van der Waals surface area contributed by atoms with Gasteiger partial charge in [0, 0.05) is 5.69 Å². The Kier molecular flexibility index (Phi) is 4.95. The zero-order valence-corrected chi connectivity index (χ0v) is 15.6. The largest absolute Gasteiger partial charge is 0.459 e. The van der Waals surface area contributed by atoms with Crippen LogP contribution in [0.1, 0.15) is 46.6 Å². The summed E-state index contributed by atoms with van der Waals surface area (Å²) in [6.07, 6.45) is 1.44. The minimum Gasteiger partial charge on any atom is -0.459 e. The van der Waals surface area contributed by atoms with Crippen LogP contribution in [-0.4, -0.2) is 11.8 Å². The van der Waals surface area contributed by atoms with Crippen molar-refractivity contribution in [3.63, 3.8) is 0 Å². The van der Waals surface area contributed by atoms with Crippen molar-refractivity contribution in [1.82, 2.24) is 0 Å². The van der Waals surface area contributed by atoms with Gasteiger partial charge in [0.05, 0.1) is 16.1 Å². The second kappa shape index (κ2) is 7.17. The topological polar surface area (TPSA) is 71.3 Å². The summed E-state index contributed by atoms with van der Waals surface area (Å²) in [6, 6.07) is 14.4. The molecule has 0 aliphatic rings. The summed E-state index contributed by atoms with van der Waals surface area (Å²) < 4.78 is 5.05. The lowest BCUT2D eigenvalue weighted by molar-refractivity contribution is 0.0995. The van der Waals surface area contributed by atoms with Crippen molar-refractivity contribution in [3.8, 4) is 0 Å². The van der Waals surface area contributed by atoms with Crippen molar-refractivity contribution in [2.45, 2.75) is 26.2 Å². The molecular formula is C20H20N2O3S. The van der Waals surface area contributed by atoms with Crippen LogP contribution in [0, 0.1) is 0 Å². The lowest BCUT2D eigenvalue weighted by Gasteiger charge is -2.19. The van der Waals surface area contributed by atoms with E-state index in [0.29, 0.717) is 9.88 Å². The maximum Gasteiger partial charge on any atom is 0.291 e. The average molecular weight is 368 g/mol. The zero-order chi connectivity index (χ0) is 18.7. The molecule has 26 heavy (non-hydrogen) atoms. The number of carbonyl (C=O) groups is 2. The second-order valence-electron chi connectivity index (χ2n) is 6.88. The first-order valence-electron chi connectivity index (χ1n) is 8.19. The number of anilines is 2. The number of hydrogen-bond acceptors (Lipinski definition) is 4. The third kappa shape index (κ3) is 4.21. The van der Waals surface area contributed by atoms with Crippen LogP contribution < -0.4 is 10.6 Å². The molecule has 2 heterocycles. The van der Waals surface area contributed by atoms with Gasteiger partial charge in [-0.15, -0.1) is 11.3 Å². The maximum absolute atomic E-state index is 12.4. The van der Waals surface area contributed by atoms with Crippen molar-refractivity contribution >= 4 is 33.8 Å². The van der Waals surface area contributed by atoms with Gasteiger partial charge in [-0.2, -0.15) is 0 Å². The van der Waals surface area contributed by atoms with Gasteiger partial charge in [0.25, 0.3) is 11.8 Å². The standard InChI is InChI=1S/C20H20N2O3S/c1-20(2,3)13-6-8-14(9-7-13)21-19(24)16-10-11-17(26-16)22-18(23)15-5-4-12-25-15/h4-12H,1-3H3,(H,21,24)(H,22,23). The molecule has 6 heteroatoms. The van der Waals surface area contributed by atoms with Gasteiger partial charge in [0.1, 0.15) is 0 Å². The normalized spacial score (nSPS) is 11.2. The van der Waals surface area contributed by atoms with E-state index >= 15 is 0 Å².